The van der Waals surface area contributed by atoms with Crippen LogP contribution < -0.4 is 0 Å². The summed E-state index contributed by atoms with van der Waals surface area (Å²) in [4.78, 5) is 12.8. The van der Waals surface area contributed by atoms with Crippen molar-refractivity contribution in [3.8, 4) is 0 Å². The summed E-state index contributed by atoms with van der Waals surface area (Å²) in [6.45, 7) is 2.80. The normalized spacial score (nSPS) is 8.64. The van der Waals surface area contributed by atoms with Crippen molar-refractivity contribution in [3.05, 3.63) is 0 Å². The second-order valence-corrected chi connectivity index (χ2v) is 3.14. The highest BCUT2D eigenvalue weighted by Crippen LogP contribution is 1.98. The van der Waals surface area contributed by atoms with Gasteiger partial charge in [-0.3, -0.25) is 4.79 Å². The number of halogens is 1. The number of hydrogen-bond acceptors (Lipinski definition) is 2. The van der Waals surface area contributed by atoms with Crippen LogP contribution in [0.15, 0.2) is 0 Å². The molecule has 0 atom stereocenters. The van der Waals surface area contributed by atoms with Crippen molar-refractivity contribution in [3.63, 3.8) is 0 Å². The van der Waals surface area contributed by atoms with E-state index in [1.54, 1.807) is 16.7 Å². The van der Waals surface area contributed by atoms with Gasteiger partial charge < -0.3 is 4.90 Å². The smallest absolute Gasteiger partial charge is 0.223 e. The van der Waals surface area contributed by atoms with Gasteiger partial charge in [-0.15, -0.1) is 12.4 Å². The fraction of sp³-hybridized carbons (Fsp3) is 0.857. The molecule has 0 heterocycles. The number of carbonyl (C=O) groups is 1. The first-order chi connectivity index (χ1) is 4.72. The van der Waals surface area contributed by atoms with Crippen LogP contribution in [-0.4, -0.2) is 36.4 Å². The van der Waals surface area contributed by atoms with Crippen LogP contribution in [0, 0.1) is 0 Å². The van der Waals surface area contributed by atoms with E-state index in [0.717, 1.165) is 12.3 Å². The molecule has 0 N–H and O–H groups in total. The van der Waals surface area contributed by atoms with Gasteiger partial charge in [0.1, 0.15) is 0 Å². The monoisotopic (exact) mass is 197 g/mol. The van der Waals surface area contributed by atoms with Crippen LogP contribution in [0.1, 0.15) is 13.3 Å². The molecule has 0 bridgehead atoms. The third kappa shape index (κ3) is 6.51. The zero-order chi connectivity index (χ0) is 7.98. The molecule has 0 saturated carbocycles. The van der Waals surface area contributed by atoms with E-state index in [-0.39, 0.29) is 18.3 Å². The van der Waals surface area contributed by atoms with Crippen molar-refractivity contribution in [2.75, 3.05) is 25.6 Å². The standard InChI is InChI=1S/C7H15NOS.ClH/c1-4-8(2)7(9)5-6-10-3;/h4-6H2,1-3H3;1H. The minimum atomic E-state index is 0. The van der Waals surface area contributed by atoms with Gasteiger partial charge in [0.25, 0.3) is 0 Å². The molecule has 0 rings (SSSR count). The summed E-state index contributed by atoms with van der Waals surface area (Å²) in [5.41, 5.74) is 0. The van der Waals surface area contributed by atoms with Crippen LogP contribution in [0.25, 0.3) is 0 Å². The van der Waals surface area contributed by atoms with Gasteiger partial charge in [0.15, 0.2) is 0 Å². The van der Waals surface area contributed by atoms with Crippen molar-refractivity contribution < 1.29 is 4.79 Å². The summed E-state index contributed by atoms with van der Waals surface area (Å²) in [6.07, 6.45) is 2.69. The van der Waals surface area contributed by atoms with Gasteiger partial charge in [-0.25, -0.2) is 0 Å². The maximum absolute atomic E-state index is 11.0. The molecule has 0 aromatic rings. The molecule has 1 amide bonds. The van der Waals surface area contributed by atoms with Gasteiger partial charge in [-0.05, 0) is 13.2 Å². The topological polar surface area (TPSA) is 20.3 Å². The molecule has 0 aliphatic heterocycles. The molecule has 0 unspecified atom stereocenters. The molecule has 11 heavy (non-hydrogen) atoms. The maximum Gasteiger partial charge on any atom is 0.223 e. The average molecular weight is 198 g/mol. The van der Waals surface area contributed by atoms with E-state index < -0.39 is 0 Å². The molecule has 0 aromatic heterocycles. The number of hydrogen-bond donors (Lipinski definition) is 0. The fourth-order valence-electron chi connectivity index (χ4n) is 0.557. The Bertz CT molecular complexity index is 111. The lowest BCUT2D eigenvalue weighted by atomic mass is 10.4. The van der Waals surface area contributed by atoms with Crippen LogP contribution in [0.5, 0.6) is 0 Å². The molecule has 0 fully saturated rings. The third-order valence-electron chi connectivity index (χ3n) is 1.42. The van der Waals surface area contributed by atoms with E-state index in [4.69, 9.17) is 0 Å². The molecule has 0 saturated heterocycles. The molecule has 0 aliphatic rings. The Balaban J connectivity index is 0. The Hall–Kier alpha value is 0.110. The first-order valence-corrected chi connectivity index (χ1v) is 4.84. The van der Waals surface area contributed by atoms with Crippen molar-refractivity contribution in [2.24, 2.45) is 0 Å². The van der Waals surface area contributed by atoms with E-state index in [1.807, 2.05) is 20.2 Å². The van der Waals surface area contributed by atoms with Crippen LogP contribution in [0.3, 0.4) is 0 Å². The van der Waals surface area contributed by atoms with Crippen LogP contribution in [-0.2, 0) is 4.79 Å². The number of nitrogens with zero attached hydrogens (tertiary/aromatic N) is 1. The summed E-state index contributed by atoms with van der Waals surface area (Å²) in [6, 6.07) is 0. The largest absolute Gasteiger partial charge is 0.346 e. The average Bonchev–Trinajstić information content (AvgIpc) is 1.98. The molecular weight excluding hydrogens is 182 g/mol. The molecule has 0 spiro atoms. The second kappa shape index (κ2) is 8.21. The fourth-order valence-corrected chi connectivity index (χ4v) is 0.935. The Morgan fingerprint density at radius 3 is 2.45 bits per heavy atom. The number of thioether (sulfide) groups is 1. The summed E-state index contributed by atoms with van der Waals surface area (Å²) in [7, 11) is 1.84. The highest BCUT2D eigenvalue weighted by molar-refractivity contribution is 7.98. The third-order valence-corrected chi connectivity index (χ3v) is 2.03. The Morgan fingerprint density at radius 1 is 1.55 bits per heavy atom. The van der Waals surface area contributed by atoms with E-state index in [1.165, 1.54) is 0 Å². The quantitative estimate of drug-likeness (QED) is 0.683. The van der Waals surface area contributed by atoms with Gasteiger partial charge in [-0.2, -0.15) is 11.8 Å². The Morgan fingerprint density at radius 2 is 2.09 bits per heavy atom. The van der Waals surface area contributed by atoms with Gasteiger partial charge >= 0.3 is 0 Å². The predicted molar refractivity (Wildman–Crippen MR) is 53.6 cm³/mol. The SMILES string of the molecule is CCN(C)C(=O)CCSC.Cl. The van der Waals surface area contributed by atoms with Gasteiger partial charge in [0.05, 0.1) is 0 Å². The predicted octanol–water partition coefficient (Wildman–Crippen LogP) is 1.64. The molecule has 0 radical (unpaired) electrons. The molecule has 0 aromatic carbocycles. The number of carbonyl (C=O) groups excluding carboxylic acids is 1. The van der Waals surface area contributed by atoms with Crippen molar-refractivity contribution in [1.29, 1.82) is 0 Å². The minimum Gasteiger partial charge on any atom is -0.346 e. The van der Waals surface area contributed by atoms with Crippen molar-refractivity contribution in [2.45, 2.75) is 13.3 Å². The Kier molecular flexibility index (Phi) is 10.2. The molecule has 68 valence electrons. The lowest BCUT2D eigenvalue weighted by molar-refractivity contribution is -0.129. The highest BCUT2D eigenvalue weighted by Gasteiger charge is 2.03. The zero-order valence-electron chi connectivity index (χ0n) is 7.29. The lowest BCUT2D eigenvalue weighted by Gasteiger charge is -2.13. The summed E-state index contributed by atoms with van der Waals surface area (Å²) >= 11 is 1.71. The number of rotatable bonds is 4. The van der Waals surface area contributed by atoms with Crippen LogP contribution >= 0.6 is 24.2 Å². The van der Waals surface area contributed by atoms with E-state index >= 15 is 0 Å². The molecular formula is C7H16ClNOS. The van der Waals surface area contributed by atoms with Gasteiger partial charge in [0, 0.05) is 25.8 Å². The first-order valence-electron chi connectivity index (χ1n) is 3.45. The molecule has 4 heteroatoms. The van der Waals surface area contributed by atoms with Crippen molar-refractivity contribution in [1.82, 2.24) is 4.90 Å². The summed E-state index contributed by atoms with van der Waals surface area (Å²) in [5, 5.41) is 0. The van der Waals surface area contributed by atoms with E-state index in [2.05, 4.69) is 0 Å². The zero-order valence-corrected chi connectivity index (χ0v) is 8.93. The van der Waals surface area contributed by atoms with E-state index in [9.17, 15) is 4.79 Å². The highest BCUT2D eigenvalue weighted by atomic mass is 35.5. The van der Waals surface area contributed by atoms with Gasteiger partial charge in [-0.1, -0.05) is 0 Å². The summed E-state index contributed by atoms with van der Waals surface area (Å²) in [5.74, 6) is 1.18. The Labute approximate surface area is 79.1 Å². The summed E-state index contributed by atoms with van der Waals surface area (Å²) < 4.78 is 0. The molecule has 0 aliphatic carbocycles. The maximum atomic E-state index is 11.0. The minimum absolute atomic E-state index is 0. The molecule has 2 nitrogen and oxygen atoms in total. The van der Waals surface area contributed by atoms with E-state index in [0.29, 0.717) is 6.42 Å². The number of amides is 1. The van der Waals surface area contributed by atoms with Gasteiger partial charge in [0.2, 0.25) is 5.91 Å². The van der Waals surface area contributed by atoms with Crippen LogP contribution in [0.4, 0.5) is 0 Å². The second-order valence-electron chi connectivity index (χ2n) is 2.15. The van der Waals surface area contributed by atoms with Crippen LogP contribution in [0.2, 0.25) is 0 Å². The lowest BCUT2D eigenvalue weighted by Crippen LogP contribution is -2.26. The first kappa shape index (κ1) is 13.7. The van der Waals surface area contributed by atoms with Crippen molar-refractivity contribution >= 4 is 30.1 Å².